The fraction of sp³-hybridized carbons (Fsp3) is 0.714. The first-order valence-corrected chi connectivity index (χ1v) is 11.9. The molecule has 1 aliphatic heterocycles. The lowest BCUT2D eigenvalue weighted by Gasteiger charge is -2.41. The lowest BCUT2D eigenvalue weighted by molar-refractivity contribution is -0.925. The van der Waals surface area contributed by atoms with Crippen LogP contribution in [0.4, 0.5) is 0 Å². The van der Waals surface area contributed by atoms with Crippen molar-refractivity contribution in [1.82, 2.24) is 4.31 Å². The number of benzene rings is 1. The van der Waals surface area contributed by atoms with Gasteiger partial charge in [-0.1, -0.05) is 75.8 Å². The van der Waals surface area contributed by atoms with Gasteiger partial charge in [-0.2, -0.15) is 4.31 Å². The summed E-state index contributed by atoms with van der Waals surface area (Å²) in [4.78, 5) is 0. The van der Waals surface area contributed by atoms with E-state index in [1.165, 1.54) is 37.7 Å². The van der Waals surface area contributed by atoms with Crippen LogP contribution in [0, 0.1) is 0 Å². The number of unbranched alkanes of at least 4 members (excludes halogenated alkanes) is 6. The number of sulfonamides is 1. The zero-order chi connectivity index (χ0) is 18.9. The number of nitrogens with zero attached hydrogens (tertiary/aromatic N) is 2. The van der Waals surface area contributed by atoms with Gasteiger partial charge in [0.2, 0.25) is 10.0 Å². The van der Waals surface area contributed by atoms with Gasteiger partial charge in [-0.05, 0) is 6.42 Å². The van der Waals surface area contributed by atoms with Crippen LogP contribution < -0.4 is 0 Å². The molecule has 0 amide bonds. The summed E-state index contributed by atoms with van der Waals surface area (Å²) in [5, 5.41) is 0. The lowest BCUT2D eigenvalue weighted by Crippen LogP contribution is -2.57. The van der Waals surface area contributed by atoms with Crippen LogP contribution in [0.15, 0.2) is 30.3 Å². The molecule has 0 spiro atoms. The van der Waals surface area contributed by atoms with E-state index in [1.54, 1.807) is 4.31 Å². The predicted octanol–water partition coefficient (Wildman–Crippen LogP) is 4.03. The smallest absolute Gasteiger partial charge is 0.214 e. The molecule has 4 nitrogen and oxygen atoms in total. The van der Waals surface area contributed by atoms with Gasteiger partial charge in [-0.15, -0.1) is 0 Å². The van der Waals surface area contributed by atoms with Gasteiger partial charge in [0.15, 0.2) is 0 Å². The van der Waals surface area contributed by atoms with Crippen LogP contribution in [-0.2, 0) is 16.6 Å². The van der Waals surface area contributed by atoms with Crippen molar-refractivity contribution in [3.8, 4) is 0 Å². The zero-order valence-electron chi connectivity index (χ0n) is 16.7. The Kier molecular flexibility index (Phi) is 8.58. The Bertz CT molecular complexity index is 608. The quantitative estimate of drug-likeness (QED) is 0.429. The Balaban J connectivity index is 1.72. The lowest BCUT2D eigenvalue weighted by atomic mass is 10.1. The Morgan fingerprint density at radius 1 is 0.923 bits per heavy atom. The highest BCUT2D eigenvalue weighted by molar-refractivity contribution is 7.89. The van der Waals surface area contributed by atoms with Crippen molar-refractivity contribution in [2.24, 2.45) is 0 Å². The summed E-state index contributed by atoms with van der Waals surface area (Å²) in [7, 11) is -0.837. The topological polar surface area (TPSA) is 37.4 Å². The molecule has 0 N–H and O–H groups in total. The maximum Gasteiger partial charge on any atom is 0.214 e. The van der Waals surface area contributed by atoms with Crippen LogP contribution >= 0.6 is 0 Å². The Hall–Kier alpha value is -0.910. The molecular formula is C21H37N2O2S+. The van der Waals surface area contributed by atoms with Crippen LogP contribution in [0.5, 0.6) is 0 Å². The average Bonchev–Trinajstić information content (AvgIpc) is 2.62. The summed E-state index contributed by atoms with van der Waals surface area (Å²) >= 11 is 0. The molecule has 2 rings (SSSR count). The summed E-state index contributed by atoms with van der Waals surface area (Å²) in [6, 6.07) is 10.5. The van der Waals surface area contributed by atoms with Crippen molar-refractivity contribution in [2.75, 3.05) is 39.0 Å². The van der Waals surface area contributed by atoms with Gasteiger partial charge in [0.1, 0.15) is 6.54 Å². The Morgan fingerprint density at radius 2 is 1.50 bits per heavy atom. The van der Waals surface area contributed by atoms with Gasteiger partial charge in [0.05, 0.1) is 39.0 Å². The van der Waals surface area contributed by atoms with Crippen molar-refractivity contribution in [2.45, 2.75) is 58.4 Å². The molecule has 1 saturated heterocycles. The first-order valence-electron chi connectivity index (χ1n) is 10.3. The number of hydrogen-bond acceptors (Lipinski definition) is 2. The van der Waals surface area contributed by atoms with Crippen molar-refractivity contribution < 1.29 is 12.9 Å². The van der Waals surface area contributed by atoms with E-state index in [-0.39, 0.29) is 0 Å². The Labute approximate surface area is 160 Å². The second-order valence-corrected chi connectivity index (χ2v) is 10.1. The van der Waals surface area contributed by atoms with E-state index in [0.29, 0.717) is 18.8 Å². The number of likely N-dealkylation sites (N-methyl/N-ethyl adjacent to an activating group) is 1. The first-order chi connectivity index (χ1) is 12.5. The number of hydrogen-bond donors (Lipinski definition) is 0. The first kappa shape index (κ1) is 21.4. The summed E-state index contributed by atoms with van der Waals surface area (Å²) in [5.41, 5.74) is 1.33. The SMILES string of the molecule is CCCCCCCCCS(=O)(=O)N1CC[N+](C)(Cc2ccccc2)CC1. The third-order valence-corrected chi connectivity index (χ3v) is 7.54. The molecule has 1 aliphatic rings. The predicted molar refractivity (Wildman–Crippen MR) is 109 cm³/mol. The summed E-state index contributed by atoms with van der Waals surface area (Å²) < 4.78 is 27.9. The van der Waals surface area contributed by atoms with Crippen molar-refractivity contribution >= 4 is 10.0 Å². The van der Waals surface area contributed by atoms with Gasteiger partial charge in [-0.25, -0.2) is 8.42 Å². The summed E-state index contributed by atoms with van der Waals surface area (Å²) in [6.07, 6.45) is 8.10. The van der Waals surface area contributed by atoms with E-state index in [9.17, 15) is 8.42 Å². The maximum atomic E-state index is 12.6. The van der Waals surface area contributed by atoms with Gasteiger partial charge in [0, 0.05) is 5.56 Å². The number of rotatable bonds is 11. The summed E-state index contributed by atoms with van der Waals surface area (Å²) in [6.45, 7) is 6.29. The molecule has 5 heteroatoms. The molecule has 0 bridgehead atoms. The van der Waals surface area contributed by atoms with E-state index < -0.39 is 10.0 Å². The number of quaternary nitrogens is 1. The van der Waals surface area contributed by atoms with Crippen LogP contribution in [0.2, 0.25) is 0 Å². The second-order valence-electron chi connectivity index (χ2n) is 8.05. The fourth-order valence-electron chi connectivity index (χ4n) is 3.76. The molecule has 1 heterocycles. The van der Waals surface area contributed by atoms with Crippen LogP contribution in [0.3, 0.4) is 0 Å². The molecule has 1 aromatic carbocycles. The fourth-order valence-corrected chi connectivity index (χ4v) is 5.31. The third kappa shape index (κ3) is 7.01. The molecule has 0 radical (unpaired) electrons. The Morgan fingerprint density at radius 3 is 2.12 bits per heavy atom. The monoisotopic (exact) mass is 381 g/mol. The van der Waals surface area contributed by atoms with E-state index in [4.69, 9.17) is 0 Å². The third-order valence-electron chi connectivity index (χ3n) is 5.58. The zero-order valence-corrected chi connectivity index (χ0v) is 17.5. The molecular weight excluding hydrogens is 344 g/mol. The van der Waals surface area contributed by atoms with Crippen molar-refractivity contribution in [1.29, 1.82) is 0 Å². The highest BCUT2D eigenvalue weighted by Crippen LogP contribution is 2.19. The summed E-state index contributed by atoms with van der Waals surface area (Å²) in [5.74, 6) is 0.323. The van der Waals surface area contributed by atoms with Crippen LogP contribution in [-0.4, -0.2) is 56.2 Å². The molecule has 148 valence electrons. The van der Waals surface area contributed by atoms with Crippen molar-refractivity contribution in [3.63, 3.8) is 0 Å². The molecule has 1 aromatic rings. The molecule has 0 saturated carbocycles. The van der Waals surface area contributed by atoms with E-state index in [2.05, 4.69) is 38.2 Å². The second kappa shape index (κ2) is 10.4. The normalized spacial score (nSPS) is 18.1. The molecule has 1 fully saturated rings. The minimum absolute atomic E-state index is 0.323. The molecule has 0 aromatic heterocycles. The molecule has 0 unspecified atom stereocenters. The van der Waals surface area contributed by atoms with Gasteiger partial charge < -0.3 is 4.48 Å². The maximum absolute atomic E-state index is 12.6. The molecule has 0 aliphatic carbocycles. The van der Waals surface area contributed by atoms with Gasteiger partial charge >= 0.3 is 0 Å². The highest BCUT2D eigenvalue weighted by atomic mass is 32.2. The van der Waals surface area contributed by atoms with E-state index in [0.717, 1.165) is 37.0 Å². The van der Waals surface area contributed by atoms with Crippen LogP contribution in [0.25, 0.3) is 0 Å². The largest absolute Gasteiger partial charge is 0.320 e. The van der Waals surface area contributed by atoms with Gasteiger partial charge in [-0.3, -0.25) is 0 Å². The number of piperazine rings is 1. The van der Waals surface area contributed by atoms with Gasteiger partial charge in [0.25, 0.3) is 0 Å². The minimum atomic E-state index is -3.08. The minimum Gasteiger partial charge on any atom is -0.320 e. The molecule has 26 heavy (non-hydrogen) atoms. The molecule has 0 atom stereocenters. The van der Waals surface area contributed by atoms with E-state index in [1.807, 2.05) is 6.07 Å². The highest BCUT2D eigenvalue weighted by Gasteiger charge is 2.33. The van der Waals surface area contributed by atoms with Crippen LogP contribution in [0.1, 0.15) is 57.4 Å². The van der Waals surface area contributed by atoms with E-state index >= 15 is 0 Å². The van der Waals surface area contributed by atoms with Crippen molar-refractivity contribution in [3.05, 3.63) is 35.9 Å². The average molecular weight is 382 g/mol. The standard InChI is InChI=1S/C21H37N2O2S/c1-3-4-5-6-7-8-12-19-26(24,25)22-15-17-23(2,18-16-22)20-21-13-10-9-11-14-21/h9-11,13-14H,3-8,12,15-20H2,1-2H3/q+1.